The molecule has 1 aromatic heterocycles. The topological polar surface area (TPSA) is 77.2 Å². The third kappa shape index (κ3) is 5.99. The van der Waals surface area contributed by atoms with E-state index in [1.807, 2.05) is 12.1 Å². The van der Waals surface area contributed by atoms with Crippen molar-refractivity contribution in [2.24, 2.45) is 0 Å². The molecule has 1 fully saturated rings. The van der Waals surface area contributed by atoms with Crippen LogP contribution < -0.4 is 10.6 Å². The maximum absolute atomic E-state index is 13.0. The molecule has 3 N–H and O–H groups in total. The van der Waals surface area contributed by atoms with E-state index in [0.717, 1.165) is 29.4 Å². The number of nitrogens with zero attached hydrogens (tertiary/aromatic N) is 1. The Morgan fingerprint density at radius 3 is 2.30 bits per heavy atom. The standard InChI is InChI=1S/C25H32Cl2N4O2/c1-15(32)28-21(23(33)30-18-13-24(2,3)31(6)25(4,5)14-18)9-7-8-17-10-16-11-19(26)20(27)12-22(16)29-17/h7-12,18,29H,13-14H2,1-6H3,(H,28,32)(H,30,33). The lowest BCUT2D eigenvalue weighted by Crippen LogP contribution is -2.62. The summed E-state index contributed by atoms with van der Waals surface area (Å²) in [5.74, 6) is -0.602. The molecule has 8 heteroatoms. The van der Waals surface area contributed by atoms with E-state index in [0.29, 0.717) is 10.0 Å². The van der Waals surface area contributed by atoms with E-state index < -0.39 is 0 Å². The van der Waals surface area contributed by atoms with Gasteiger partial charge in [0.2, 0.25) is 5.91 Å². The first-order chi connectivity index (χ1) is 15.3. The van der Waals surface area contributed by atoms with Crippen LogP contribution in [0.4, 0.5) is 0 Å². The van der Waals surface area contributed by atoms with Gasteiger partial charge in [0.15, 0.2) is 0 Å². The lowest BCUT2D eigenvalue weighted by atomic mass is 9.77. The second-order valence-corrected chi connectivity index (χ2v) is 10.8. The first kappa shape index (κ1) is 25.3. The minimum Gasteiger partial charge on any atom is -0.355 e. The molecule has 2 amide bonds. The predicted molar refractivity (Wildman–Crippen MR) is 136 cm³/mol. The normalized spacial score (nSPS) is 19.2. The monoisotopic (exact) mass is 490 g/mol. The zero-order valence-electron chi connectivity index (χ0n) is 20.0. The SMILES string of the molecule is CC(=O)NC(=CC=Cc1cc2cc(Cl)c(Cl)cc2[nH]1)C(=O)NC1CC(C)(C)N(C)C(C)(C)C1. The summed E-state index contributed by atoms with van der Waals surface area (Å²) in [6, 6.07) is 5.50. The summed E-state index contributed by atoms with van der Waals surface area (Å²) in [7, 11) is 2.12. The van der Waals surface area contributed by atoms with Crippen LogP contribution in [0.5, 0.6) is 0 Å². The number of hydrogen-bond acceptors (Lipinski definition) is 3. The minimum atomic E-state index is -0.302. The van der Waals surface area contributed by atoms with E-state index in [1.165, 1.54) is 6.92 Å². The number of likely N-dealkylation sites (tertiary alicyclic amines) is 1. The molecular formula is C25H32Cl2N4O2. The predicted octanol–water partition coefficient (Wildman–Crippen LogP) is 5.28. The maximum atomic E-state index is 13.0. The number of carbonyl (C=O) groups is 2. The Balaban J connectivity index is 1.77. The number of aromatic nitrogens is 1. The quantitative estimate of drug-likeness (QED) is 0.394. The van der Waals surface area contributed by atoms with Crippen molar-refractivity contribution >= 4 is 52.0 Å². The van der Waals surface area contributed by atoms with Crippen LogP contribution in [0.15, 0.2) is 36.0 Å². The number of allylic oxidation sites excluding steroid dienone is 2. The van der Waals surface area contributed by atoms with E-state index in [9.17, 15) is 9.59 Å². The van der Waals surface area contributed by atoms with Gasteiger partial charge in [0.05, 0.1) is 10.0 Å². The molecule has 0 aliphatic carbocycles. The molecule has 1 aromatic carbocycles. The number of piperidine rings is 1. The molecule has 0 radical (unpaired) electrons. The molecule has 0 saturated carbocycles. The summed E-state index contributed by atoms with van der Waals surface area (Å²) in [5.41, 5.74) is 1.77. The summed E-state index contributed by atoms with van der Waals surface area (Å²) < 4.78 is 0. The van der Waals surface area contributed by atoms with Gasteiger partial charge in [0.25, 0.3) is 5.91 Å². The van der Waals surface area contributed by atoms with Gasteiger partial charge in [-0.15, -0.1) is 0 Å². The Kier molecular flexibility index (Phi) is 7.32. The van der Waals surface area contributed by atoms with Crippen LogP contribution >= 0.6 is 23.2 Å². The van der Waals surface area contributed by atoms with Crippen molar-refractivity contribution in [3.63, 3.8) is 0 Å². The first-order valence-corrected chi connectivity index (χ1v) is 11.7. The van der Waals surface area contributed by atoms with Crippen LogP contribution in [-0.4, -0.2) is 45.9 Å². The van der Waals surface area contributed by atoms with Crippen molar-refractivity contribution in [1.82, 2.24) is 20.5 Å². The lowest BCUT2D eigenvalue weighted by molar-refractivity contribution is -0.123. The van der Waals surface area contributed by atoms with E-state index in [2.05, 4.69) is 55.3 Å². The van der Waals surface area contributed by atoms with Gasteiger partial charge in [0, 0.05) is 40.6 Å². The lowest BCUT2D eigenvalue weighted by Gasteiger charge is -2.53. The maximum Gasteiger partial charge on any atom is 0.268 e. The highest BCUT2D eigenvalue weighted by molar-refractivity contribution is 6.42. The fraction of sp³-hybridized carbons (Fsp3) is 0.440. The number of H-pyrrole nitrogens is 1. The molecule has 0 bridgehead atoms. The van der Waals surface area contributed by atoms with Gasteiger partial charge in [-0.25, -0.2) is 0 Å². The Morgan fingerprint density at radius 1 is 1.09 bits per heavy atom. The molecule has 2 heterocycles. The summed E-state index contributed by atoms with van der Waals surface area (Å²) in [4.78, 5) is 30.4. The smallest absolute Gasteiger partial charge is 0.268 e. The fourth-order valence-corrected chi connectivity index (χ4v) is 4.92. The van der Waals surface area contributed by atoms with Gasteiger partial charge >= 0.3 is 0 Å². The summed E-state index contributed by atoms with van der Waals surface area (Å²) in [6.45, 7) is 10.1. The Morgan fingerprint density at radius 2 is 1.70 bits per heavy atom. The fourth-order valence-electron chi connectivity index (χ4n) is 4.59. The third-order valence-electron chi connectivity index (χ3n) is 6.42. The third-order valence-corrected chi connectivity index (χ3v) is 7.14. The largest absolute Gasteiger partial charge is 0.355 e. The van der Waals surface area contributed by atoms with Crippen molar-refractivity contribution in [2.75, 3.05) is 7.05 Å². The van der Waals surface area contributed by atoms with Crippen molar-refractivity contribution < 1.29 is 9.59 Å². The Labute approximate surface area is 205 Å². The van der Waals surface area contributed by atoms with Crippen molar-refractivity contribution in [1.29, 1.82) is 0 Å². The highest BCUT2D eigenvalue weighted by Gasteiger charge is 2.43. The van der Waals surface area contributed by atoms with Gasteiger partial charge < -0.3 is 15.6 Å². The number of carbonyl (C=O) groups excluding carboxylic acids is 2. The number of fused-ring (bicyclic) bond motifs is 1. The Bertz CT molecular complexity index is 1070. The number of halogens is 2. The molecule has 0 spiro atoms. The number of benzene rings is 1. The van der Waals surface area contributed by atoms with E-state index >= 15 is 0 Å². The molecule has 2 aromatic rings. The van der Waals surface area contributed by atoms with Gasteiger partial charge in [-0.05, 0) is 77.9 Å². The molecule has 1 saturated heterocycles. The van der Waals surface area contributed by atoms with Crippen LogP contribution in [0.2, 0.25) is 10.0 Å². The summed E-state index contributed by atoms with van der Waals surface area (Å²) in [6.07, 6.45) is 6.79. The molecule has 1 aliphatic heterocycles. The number of rotatable bonds is 5. The van der Waals surface area contributed by atoms with Crippen LogP contribution in [0.3, 0.4) is 0 Å². The second kappa shape index (κ2) is 9.53. The molecule has 6 nitrogen and oxygen atoms in total. The molecule has 1 aliphatic rings. The summed E-state index contributed by atoms with van der Waals surface area (Å²) >= 11 is 12.2. The van der Waals surface area contributed by atoms with Crippen molar-refractivity contribution in [3.8, 4) is 0 Å². The minimum absolute atomic E-state index is 0.00282. The zero-order chi connectivity index (χ0) is 24.6. The van der Waals surface area contributed by atoms with E-state index in [1.54, 1.807) is 24.3 Å². The highest BCUT2D eigenvalue weighted by atomic mass is 35.5. The van der Waals surface area contributed by atoms with Crippen molar-refractivity contribution in [3.05, 3.63) is 51.8 Å². The Hall–Kier alpha value is -2.28. The zero-order valence-corrected chi connectivity index (χ0v) is 21.5. The van der Waals surface area contributed by atoms with Crippen LogP contribution in [0.25, 0.3) is 17.0 Å². The molecule has 178 valence electrons. The van der Waals surface area contributed by atoms with Gasteiger partial charge in [-0.2, -0.15) is 0 Å². The second-order valence-electron chi connectivity index (χ2n) is 9.96. The van der Waals surface area contributed by atoms with Gasteiger partial charge in [0.1, 0.15) is 5.70 Å². The molecule has 3 rings (SSSR count). The van der Waals surface area contributed by atoms with Gasteiger partial charge in [-0.3, -0.25) is 14.5 Å². The van der Waals surface area contributed by atoms with Crippen LogP contribution in [0.1, 0.15) is 53.2 Å². The molecule has 33 heavy (non-hydrogen) atoms. The van der Waals surface area contributed by atoms with Crippen LogP contribution in [0, 0.1) is 0 Å². The van der Waals surface area contributed by atoms with Crippen molar-refractivity contribution in [2.45, 2.75) is 64.6 Å². The summed E-state index contributed by atoms with van der Waals surface area (Å²) in [5, 5.41) is 7.67. The molecule has 0 atom stereocenters. The number of amides is 2. The average Bonchev–Trinajstić information content (AvgIpc) is 3.06. The van der Waals surface area contributed by atoms with E-state index in [-0.39, 0.29) is 34.6 Å². The molecule has 0 unspecified atom stereocenters. The van der Waals surface area contributed by atoms with Gasteiger partial charge in [-0.1, -0.05) is 29.3 Å². The number of nitrogens with one attached hydrogen (secondary N) is 3. The molecular weight excluding hydrogens is 459 g/mol. The number of hydrogen-bond donors (Lipinski definition) is 3. The van der Waals surface area contributed by atoms with Crippen LogP contribution in [-0.2, 0) is 9.59 Å². The number of aromatic amines is 1. The van der Waals surface area contributed by atoms with E-state index in [4.69, 9.17) is 23.2 Å². The first-order valence-electron chi connectivity index (χ1n) is 11.0. The highest BCUT2D eigenvalue weighted by Crippen LogP contribution is 2.36. The average molecular weight is 491 g/mol.